The average molecular weight is 236 g/mol. The Morgan fingerprint density at radius 3 is 2.38 bits per heavy atom. The Morgan fingerprint density at radius 2 is 2.06 bits per heavy atom. The molecule has 0 aromatic carbocycles. The lowest BCUT2D eigenvalue weighted by atomic mass is 9.82. The SMILES string of the molecule is CO[C@@](C(=O)O)(C1C=CC=CC1)C(F)(F)F. The first-order chi connectivity index (χ1) is 7.36. The largest absolute Gasteiger partial charge is 0.479 e. The number of halogens is 3. The van der Waals surface area contributed by atoms with E-state index in [0.717, 1.165) is 7.11 Å². The van der Waals surface area contributed by atoms with Crippen LogP contribution in [-0.4, -0.2) is 30.0 Å². The first kappa shape index (κ1) is 12.8. The van der Waals surface area contributed by atoms with Crippen LogP contribution >= 0.6 is 0 Å². The van der Waals surface area contributed by atoms with Crippen LogP contribution in [0.3, 0.4) is 0 Å². The van der Waals surface area contributed by atoms with E-state index >= 15 is 0 Å². The van der Waals surface area contributed by atoms with Crippen LogP contribution in [0, 0.1) is 5.92 Å². The van der Waals surface area contributed by atoms with Gasteiger partial charge in [-0.3, -0.25) is 0 Å². The molecule has 0 amide bonds. The van der Waals surface area contributed by atoms with Crippen molar-refractivity contribution in [2.45, 2.75) is 18.2 Å². The molecule has 3 nitrogen and oxygen atoms in total. The van der Waals surface area contributed by atoms with Crippen molar-refractivity contribution in [1.29, 1.82) is 0 Å². The molecule has 0 bridgehead atoms. The van der Waals surface area contributed by atoms with Gasteiger partial charge >= 0.3 is 12.1 Å². The smallest absolute Gasteiger partial charge is 0.429 e. The van der Waals surface area contributed by atoms with Crippen molar-refractivity contribution >= 4 is 5.97 Å². The van der Waals surface area contributed by atoms with E-state index in [9.17, 15) is 18.0 Å². The predicted molar refractivity (Wildman–Crippen MR) is 49.8 cm³/mol. The first-order valence-corrected chi connectivity index (χ1v) is 4.55. The summed E-state index contributed by atoms with van der Waals surface area (Å²) in [6, 6.07) is 0. The monoisotopic (exact) mass is 236 g/mol. The zero-order valence-electron chi connectivity index (χ0n) is 8.49. The van der Waals surface area contributed by atoms with Crippen molar-refractivity contribution in [2.75, 3.05) is 7.11 Å². The topological polar surface area (TPSA) is 46.5 Å². The van der Waals surface area contributed by atoms with E-state index in [4.69, 9.17) is 5.11 Å². The van der Waals surface area contributed by atoms with Crippen LogP contribution in [0.5, 0.6) is 0 Å². The third-order valence-electron chi connectivity index (χ3n) is 2.56. The Kier molecular flexibility index (Phi) is 3.42. The lowest BCUT2D eigenvalue weighted by molar-refractivity contribution is -0.279. The van der Waals surface area contributed by atoms with Crippen molar-refractivity contribution in [2.24, 2.45) is 5.92 Å². The number of carbonyl (C=O) groups is 1. The zero-order valence-corrected chi connectivity index (χ0v) is 8.49. The molecule has 1 rings (SSSR count). The Labute approximate surface area is 90.2 Å². The van der Waals surface area contributed by atoms with Gasteiger partial charge < -0.3 is 9.84 Å². The van der Waals surface area contributed by atoms with E-state index in [1.54, 1.807) is 6.08 Å². The predicted octanol–water partition coefficient (Wildman–Crippen LogP) is 2.15. The minimum atomic E-state index is -4.96. The number of methoxy groups -OCH3 is 1. The van der Waals surface area contributed by atoms with Gasteiger partial charge in [0.25, 0.3) is 5.60 Å². The summed E-state index contributed by atoms with van der Waals surface area (Å²) in [5, 5.41) is 8.81. The highest BCUT2D eigenvalue weighted by Crippen LogP contribution is 2.42. The number of hydrogen-bond acceptors (Lipinski definition) is 2. The molecule has 6 heteroatoms. The van der Waals surface area contributed by atoms with Gasteiger partial charge in [0.05, 0.1) is 0 Å². The number of carboxylic acid groups (broad SMARTS) is 1. The highest BCUT2D eigenvalue weighted by atomic mass is 19.4. The molecule has 0 aromatic heterocycles. The molecule has 1 aliphatic carbocycles. The summed E-state index contributed by atoms with van der Waals surface area (Å²) in [4.78, 5) is 10.9. The van der Waals surface area contributed by atoms with Crippen LogP contribution in [0.4, 0.5) is 13.2 Å². The molecule has 90 valence electrons. The average Bonchev–Trinajstić information content (AvgIpc) is 2.18. The highest BCUT2D eigenvalue weighted by molar-refractivity contribution is 5.79. The van der Waals surface area contributed by atoms with Gasteiger partial charge in [0.1, 0.15) is 0 Å². The third-order valence-corrected chi connectivity index (χ3v) is 2.56. The van der Waals surface area contributed by atoms with Crippen molar-refractivity contribution in [3.8, 4) is 0 Å². The summed E-state index contributed by atoms with van der Waals surface area (Å²) >= 11 is 0. The fraction of sp³-hybridized carbons (Fsp3) is 0.500. The number of rotatable bonds is 3. The molecule has 1 N–H and O–H groups in total. The molecule has 2 atom stereocenters. The van der Waals surface area contributed by atoms with Gasteiger partial charge in [-0.2, -0.15) is 13.2 Å². The van der Waals surface area contributed by atoms with E-state index in [0.29, 0.717) is 0 Å². The summed E-state index contributed by atoms with van der Waals surface area (Å²) in [5.74, 6) is -3.27. The minimum absolute atomic E-state index is 0.0177. The Hall–Kier alpha value is -1.30. The van der Waals surface area contributed by atoms with E-state index in [1.165, 1.54) is 18.2 Å². The first-order valence-electron chi connectivity index (χ1n) is 4.55. The van der Waals surface area contributed by atoms with E-state index in [1.807, 2.05) is 0 Å². The molecular weight excluding hydrogens is 225 g/mol. The number of hydrogen-bond donors (Lipinski definition) is 1. The number of ether oxygens (including phenoxy) is 1. The summed E-state index contributed by atoms with van der Waals surface area (Å²) in [6.45, 7) is 0. The molecule has 0 heterocycles. The maximum Gasteiger partial charge on any atom is 0.429 e. The fourth-order valence-corrected chi connectivity index (χ4v) is 1.73. The Morgan fingerprint density at radius 1 is 1.44 bits per heavy atom. The van der Waals surface area contributed by atoms with Gasteiger partial charge in [-0.15, -0.1) is 0 Å². The van der Waals surface area contributed by atoms with Gasteiger partial charge in [-0.1, -0.05) is 24.3 Å². The number of allylic oxidation sites excluding steroid dienone is 3. The Balaban J connectivity index is 3.18. The molecule has 0 aromatic rings. The normalized spacial score (nSPS) is 24.1. The van der Waals surface area contributed by atoms with E-state index < -0.39 is 23.7 Å². The van der Waals surface area contributed by atoms with Crippen LogP contribution in [-0.2, 0) is 9.53 Å². The van der Waals surface area contributed by atoms with Gasteiger partial charge in [0.2, 0.25) is 0 Å². The highest BCUT2D eigenvalue weighted by Gasteiger charge is 2.65. The van der Waals surface area contributed by atoms with Gasteiger partial charge in [-0.25, -0.2) is 4.79 Å². The zero-order chi connectivity index (χ0) is 12.4. The van der Waals surface area contributed by atoms with E-state index in [-0.39, 0.29) is 6.42 Å². The molecule has 0 saturated heterocycles. The summed E-state index contributed by atoms with van der Waals surface area (Å²) < 4.78 is 42.8. The summed E-state index contributed by atoms with van der Waals surface area (Å²) in [5.41, 5.74) is -3.17. The van der Waals surface area contributed by atoms with E-state index in [2.05, 4.69) is 4.74 Å². The second-order valence-corrected chi connectivity index (χ2v) is 3.40. The van der Waals surface area contributed by atoms with Crippen molar-refractivity contribution in [1.82, 2.24) is 0 Å². The molecule has 0 saturated carbocycles. The van der Waals surface area contributed by atoms with Gasteiger partial charge in [0, 0.05) is 13.0 Å². The number of carboxylic acids is 1. The maximum atomic E-state index is 12.8. The van der Waals surface area contributed by atoms with Crippen LogP contribution in [0.2, 0.25) is 0 Å². The lowest BCUT2D eigenvalue weighted by Gasteiger charge is -2.35. The van der Waals surface area contributed by atoms with Crippen LogP contribution in [0.15, 0.2) is 24.3 Å². The molecule has 1 aliphatic rings. The summed E-state index contributed by atoms with van der Waals surface area (Å²) in [6.07, 6.45) is 0.647. The standard InChI is InChI=1S/C10H11F3O3/c1-16-9(8(14)15,10(11,12)13)7-5-3-2-4-6-7/h2-5,7H,6H2,1H3,(H,14,15)/t7?,9-/m1/s1. The summed E-state index contributed by atoms with van der Waals surface area (Å²) in [7, 11) is 0.758. The van der Waals surface area contributed by atoms with Crippen molar-refractivity contribution in [3.05, 3.63) is 24.3 Å². The molecule has 0 fully saturated rings. The molecular formula is C10H11F3O3. The maximum absolute atomic E-state index is 12.8. The molecule has 0 spiro atoms. The Bertz CT molecular complexity index is 333. The second kappa shape index (κ2) is 4.29. The minimum Gasteiger partial charge on any atom is -0.479 e. The lowest BCUT2D eigenvalue weighted by Crippen LogP contribution is -2.58. The van der Waals surface area contributed by atoms with Crippen LogP contribution in [0.1, 0.15) is 6.42 Å². The quantitative estimate of drug-likeness (QED) is 0.816. The third kappa shape index (κ3) is 1.84. The molecule has 16 heavy (non-hydrogen) atoms. The number of alkyl halides is 3. The van der Waals surface area contributed by atoms with Crippen molar-refractivity contribution < 1.29 is 27.8 Å². The van der Waals surface area contributed by atoms with Crippen LogP contribution in [0.25, 0.3) is 0 Å². The van der Waals surface area contributed by atoms with Gasteiger partial charge in [-0.05, 0) is 6.42 Å². The molecule has 0 aliphatic heterocycles. The number of aliphatic carboxylic acids is 1. The fourth-order valence-electron chi connectivity index (χ4n) is 1.73. The molecule has 1 unspecified atom stereocenters. The van der Waals surface area contributed by atoms with Gasteiger partial charge in [0.15, 0.2) is 0 Å². The van der Waals surface area contributed by atoms with Crippen LogP contribution < -0.4 is 0 Å². The molecule has 0 radical (unpaired) electrons. The van der Waals surface area contributed by atoms with Crippen molar-refractivity contribution in [3.63, 3.8) is 0 Å². The second-order valence-electron chi connectivity index (χ2n) is 3.40.